The van der Waals surface area contributed by atoms with E-state index in [0.717, 1.165) is 47.2 Å². The van der Waals surface area contributed by atoms with Gasteiger partial charge in [-0.2, -0.15) is 26.3 Å². The first-order valence-corrected chi connectivity index (χ1v) is 14.8. The summed E-state index contributed by atoms with van der Waals surface area (Å²) in [4.78, 5) is 47.8. The van der Waals surface area contributed by atoms with Gasteiger partial charge in [-0.1, -0.05) is 12.1 Å². The van der Waals surface area contributed by atoms with Crippen LogP contribution in [-0.2, 0) is 21.9 Å². The van der Waals surface area contributed by atoms with Crippen molar-refractivity contribution in [1.29, 1.82) is 0 Å². The molecule has 0 saturated carbocycles. The average Bonchev–Trinajstić information content (AvgIpc) is 3.04. The second-order valence-electron chi connectivity index (χ2n) is 11.3. The minimum atomic E-state index is -4.84. The number of benzene rings is 2. The number of para-hydroxylation sites is 2. The number of hydrogen-bond donors (Lipinski definition) is 1. The van der Waals surface area contributed by atoms with Crippen molar-refractivity contribution in [2.75, 3.05) is 49.5 Å². The maximum Gasteiger partial charge on any atom is 0.417 e. The van der Waals surface area contributed by atoms with E-state index in [1.54, 1.807) is 12.1 Å². The molecule has 0 bridgehead atoms. The number of rotatable bonds is 6. The zero-order chi connectivity index (χ0) is 34.0. The van der Waals surface area contributed by atoms with Gasteiger partial charge in [-0.3, -0.25) is 19.4 Å². The van der Waals surface area contributed by atoms with Crippen molar-refractivity contribution < 1.29 is 45.5 Å². The molecule has 2 aromatic carbocycles. The normalized spacial score (nSPS) is 18.9. The maximum absolute atomic E-state index is 14.3. The Morgan fingerprint density at radius 3 is 2.17 bits per heavy atom. The number of pyridine rings is 1. The van der Waals surface area contributed by atoms with Crippen LogP contribution in [0.4, 0.5) is 37.7 Å². The molecule has 3 amide bonds. The molecule has 1 unspecified atom stereocenters. The van der Waals surface area contributed by atoms with Gasteiger partial charge in [-0.25, -0.2) is 0 Å². The van der Waals surface area contributed by atoms with Crippen LogP contribution in [0.3, 0.4) is 0 Å². The highest BCUT2D eigenvalue weighted by molar-refractivity contribution is 5.97. The number of nitrogens with one attached hydrogen (secondary N) is 1. The van der Waals surface area contributed by atoms with Gasteiger partial charge in [0.15, 0.2) is 0 Å². The molecule has 2 aliphatic heterocycles. The number of anilines is 2. The van der Waals surface area contributed by atoms with Crippen LogP contribution in [0.2, 0.25) is 0 Å². The van der Waals surface area contributed by atoms with Crippen LogP contribution in [0.1, 0.15) is 41.3 Å². The molecule has 5 rings (SSSR count). The molecule has 250 valence electrons. The van der Waals surface area contributed by atoms with Gasteiger partial charge in [0.25, 0.3) is 11.8 Å². The van der Waals surface area contributed by atoms with E-state index >= 15 is 0 Å². The first-order chi connectivity index (χ1) is 22.2. The van der Waals surface area contributed by atoms with Gasteiger partial charge in [0.2, 0.25) is 11.5 Å². The summed E-state index contributed by atoms with van der Waals surface area (Å²) in [7, 11) is 0. The first-order valence-electron chi connectivity index (χ1n) is 14.8. The summed E-state index contributed by atoms with van der Waals surface area (Å²) >= 11 is 0. The summed E-state index contributed by atoms with van der Waals surface area (Å²) in [5.74, 6) is -1.87. The number of alkyl halides is 6. The lowest BCUT2D eigenvalue weighted by molar-refractivity contribution is -0.153. The van der Waals surface area contributed by atoms with Gasteiger partial charge in [0.05, 0.1) is 34.6 Å². The van der Waals surface area contributed by atoms with Crippen molar-refractivity contribution in [3.8, 4) is 5.75 Å². The van der Waals surface area contributed by atoms with Crippen molar-refractivity contribution in [1.82, 2.24) is 14.8 Å². The minimum absolute atomic E-state index is 0.0180. The Bertz CT molecular complexity index is 1620. The summed E-state index contributed by atoms with van der Waals surface area (Å²) in [5.41, 5.74) is -3.26. The standard InChI is InChI=1S/C32H31F6N5O4/c1-21(44)40-26-5-2-3-6-27(26)41-15-17-42(18-16-41)29(46)30(47-23-9-7-22(8-10-23)31(33,34)35)12-4-14-43(20-30)28(45)24-19-39-13-11-25(24)32(36,37)38/h2-3,5-11,13,19H,4,12,14-18,20H2,1H3,(H,40,44). The van der Waals surface area contributed by atoms with Gasteiger partial charge in [0, 0.05) is 52.0 Å². The Labute approximate surface area is 266 Å². The van der Waals surface area contributed by atoms with Crippen LogP contribution >= 0.6 is 0 Å². The van der Waals surface area contributed by atoms with E-state index in [1.165, 1.54) is 11.8 Å². The number of halogens is 6. The van der Waals surface area contributed by atoms with Crippen LogP contribution in [0.25, 0.3) is 0 Å². The molecular weight excluding hydrogens is 632 g/mol. The second-order valence-corrected chi connectivity index (χ2v) is 11.3. The number of likely N-dealkylation sites (tertiary alicyclic amines) is 1. The number of piperidine rings is 1. The third kappa shape index (κ3) is 7.44. The Balaban J connectivity index is 1.42. The summed E-state index contributed by atoms with van der Waals surface area (Å²) in [6.07, 6.45) is -7.49. The lowest BCUT2D eigenvalue weighted by Gasteiger charge is -2.46. The molecule has 1 aromatic heterocycles. The van der Waals surface area contributed by atoms with Crippen LogP contribution in [0.15, 0.2) is 67.0 Å². The Morgan fingerprint density at radius 1 is 0.851 bits per heavy atom. The fourth-order valence-corrected chi connectivity index (χ4v) is 5.90. The highest BCUT2D eigenvalue weighted by Crippen LogP contribution is 2.36. The number of carbonyl (C=O) groups excluding carboxylic acids is 3. The van der Waals surface area contributed by atoms with Crippen molar-refractivity contribution >= 4 is 29.1 Å². The summed E-state index contributed by atoms with van der Waals surface area (Å²) in [6, 6.07) is 11.6. The maximum atomic E-state index is 14.3. The molecule has 0 aliphatic carbocycles. The number of piperazine rings is 1. The van der Waals surface area contributed by atoms with Crippen molar-refractivity contribution in [2.24, 2.45) is 0 Å². The van der Waals surface area contributed by atoms with Crippen molar-refractivity contribution in [3.63, 3.8) is 0 Å². The number of hydrogen-bond acceptors (Lipinski definition) is 6. The molecule has 15 heteroatoms. The van der Waals surface area contributed by atoms with Gasteiger partial charge in [-0.05, 0) is 55.3 Å². The Kier molecular flexibility index (Phi) is 9.36. The molecular formula is C32H31F6N5O4. The van der Waals surface area contributed by atoms with E-state index in [0.29, 0.717) is 24.8 Å². The van der Waals surface area contributed by atoms with Gasteiger partial charge in [0.1, 0.15) is 5.75 Å². The SMILES string of the molecule is CC(=O)Nc1ccccc1N1CCN(C(=O)C2(Oc3ccc(C(F)(F)F)cc3)CCCN(C(=O)c3cnccc3C(F)(F)F)C2)CC1. The van der Waals surface area contributed by atoms with Crippen molar-refractivity contribution in [2.45, 2.75) is 37.7 Å². The molecule has 9 nitrogen and oxygen atoms in total. The molecule has 2 saturated heterocycles. The summed E-state index contributed by atoms with van der Waals surface area (Å²) < 4.78 is 87.1. The Hall–Kier alpha value is -4.82. The molecule has 3 heterocycles. The van der Waals surface area contributed by atoms with E-state index in [9.17, 15) is 40.7 Å². The van der Waals surface area contributed by atoms with Crippen molar-refractivity contribution in [3.05, 3.63) is 83.7 Å². The van der Waals surface area contributed by atoms with Crippen LogP contribution < -0.4 is 15.0 Å². The monoisotopic (exact) mass is 663 g/mol. The highest BCUT2D eigenvalue weighted by Gasteiger charge is 2.49. The molecule has 0 spiro atoms. The van der Waals surface area contributed by atoms with E-state index in [2.05, 4.69) is 10.3 Å². The smallest absolute Gasteiger partial charge is 0.417 e. The zero-order valence-electron chi connectivity index (χ0n) is 25.2. The van der Waals surface area contributed by atoms with Gasteiger partial charge in [-0.15, -0.1) is 0 Å². The summed E-state index contributed by atoms with van der Waals surface area (Å²) in [5, 5.41) is 2.78. The number of aromatic nitrogens is 1. The Morgan fingerprint density at radius 2 is 1.53 bits per heavy atom. The predicted octanol–water partition coefficient (Wildman–Crippen LogP) is 5.48. The molecule has 2 fully saturated rings. The zero-order valence-corrected chi connectivity index (χ0v) is 25.2. The van der Waals surface area contributed by atoms with E-state index in [-0.39, 0.29) is 44.1 Å². The second kappa shape index (κ2) is 13.1. The number of amides is 3. The van der Waals surface area contributed by atoms with E-state index in [1.807, 2.05) is 17.0 Å². The molecule has 1 N–H and O–H groups in total. The van der Waals surface area contributed by atoms with E-state index in [4.69, 9.17) is 4.74 Å². The molecule has 47 heavy (non-hydrogen) atoms. The number of nitrogens with zero attached hydrogens (tertiary/aromatic N) is 4. The third-order valence-electron chi connectivity index (χ3n) is 8.11. The molecule has 0 radical (unpaired) electrons. The van der Waals surface area contributed by atoms with Crippen LogP contribution in [0, 0.1) is 0 Å². The van der Waals surface area contributed by atoms with E-state index < -0.39 is 53.0 Å². The van der Waals surface area contributed by atoms with Gasteiger partial charge >= 0.3 is 12.4 Å². The lowest BCUT2D eigenvalue weighted by Crippen LogP contribution is -2.64. The largest absolute Gasteiger partial charge is 0.476 e. The predicted molar refractivity (Wildman–Crippen MR) is 159 cm³/mol. The quantitative estimate of drug-likeness (QED) is 0.351. The van der Waals surface area contributed by atoms with Crippen LogP contribution in [0.5, 0.6) is 5.75 Å². The van der Waals surface area contributed by atoms with Crippen LogP contribution in [-0.4, -0.2) is 77.4 Å². The molecule has 3 aromatic rings. The molecule has 2 aliphatic rings. The topological polar surface area (TPSA) is 95.1 Å². The average molecular weight is 664 g/mol. The minimum Gasteiger partial charge on any atom is -0.476 e. The third-order valence-corrected chi connectivity index (χ3v) is 8.11. The fourth-order valence-electron chi connectivity index (χ4n) is 5.90. The van der Waals surface area contributed by atoms with Gasteiger partial charge < -0.3 is 24.8 Å². The molecule has 1 atom stereocenters. The fraction of sp³-hybridized carbons (Fsp3) is 0.375. The lowest BCUT2D eigenvalue weighted by atomic mass is 9.89. The highest BCUT2D eigenvalue weighted by atomic mass is 19.4. The first kappa shape index (κ1) is 33.5. The number of carbonyl (C=O) groups is 3. The number of ether oxygens (including phenoxy) is 1. The summed E-state index contributed by atoms with van der Waals surface area (Å²) in [6.45, 7) is 2.06.